The molecule has 0 aliphatic rings. The summed E-state index contributed by atoms with van der Waals surface area (Å²) in [6, 6.07) is 14.3. The Morgan fingerprint density at radius 1 is 1.00 bits per heavy atom. The maximum atomic E-state index is 12.1. The molecule has 3 rings (SSSR count). The second kappa shape index (κ2) is 7.84. The van der Waals surface area contributed by atoms with E-state index >= 15 is 0 Å². The number of tetrazole rings is 1. The topological polar surface area (TPSA) is 102 Å². The molecule has 130 valence electrons. The van der Waals surface area contributed by atoms with Crippen molar-refractivity contribution in [2.75, 3.05) is 0 Å². The van der Waals surface area contributed by atoms with Gasteiger partial charge in [-0.3, -0.25) is 20.4 Å². The van der Waals surface area contributed by atoms with Gasteiger partial charge in [0.1, 0.15) is 6.33 Å². The van der Waals surface area contributed by atoms with Gasteiger partial charge >= 0.3 is 0 Å². The summed E-state index contributed by atoms with van der Waals surface area (Å²) in [6.45, 7) is 1.99. The third-order valence-corrected chi connectivity index (χ3v) is 3.55. The Labute approximate surface area is 149 Å². The van der Waals surface area contributed by atoms with Gasteiger partial charge in [-0.15, -0.1) is 5.10 Å². The Hall–Kier alpha value is -3.81. The van der Waals surface area contributed by atoms with Crippen molar-refractivity contribution in [3.8, 4) is 5.69 Å². The maximum absolute atomic E-state index is 12.1. The molecule has 0 atom stereocenters. The van der Waals surface area contributed by atoms with Crippen LogP contribution in [0.15, 0.2) is 60.9 Å². The van der Waals surface area contributed by atoms with E-state index in [-0.39, 0.29) is 0 Å². The SMILES string of the molecule is Cc1ccc(/C=C/C(=O)NNC(=O)c2ccc(-n3cnnn3)cc2)cc1. The monoisotopic (exact) mass is 348 g/mol. The van der Waals surface area contributed by atoms with Crippen LogP contribution in [0.5, 0.6) is 0 Å². The molecule has 8 nitrogen and oxygen atoms in total. The van der Waals surface area contributed by atoms with Gasteiger partial charge in [0.05, 0.1) is 5.69 Å². The molecule has 0 radical (unpaired) electrons. The molecule has 0 saturated carbocycles. The Morgan fingerprint density at radius 3 is 2.38 bits per heavy atom. The number of carbonyl (C=O) groups is 2. The molecule has 2 N–H and O–H groups in total. The lowest BCUT2D eigenvalue weighted by atomic mass is 10.1. The first-order valence-corrected chi connectivity index (χ1v) is 7.80. The number of aromatic nitrogens is 4. The summed E-state index contributed by atoms with van der Waals surface area (Å²) >= 11 is 0. The minimum Gasteiger partial charge on any atom is -0.268 e. The first-order chi connectivity index (χ1) is 12.6. The lowest BCUT2D eigenvalue weighted by Crippen LogP contribution is -2.40. The first kappa shape index (κ1) is 17.0. The third-order valence-electron chi connectivity index (χ3n) is 3.55. The van der Waals surface area contributed by atoms with Crippen LogP contribution in [0.4, 0.5) is 0 Å². The molecule has 0 bridgehead atoms. The highest BCUT2D eigenvalue weighted by Crippen LogP contribution is 2.07. The summed E-state index contributed by atoms with van der Waals surface area (Å²) in [6.07, 6.45) is 4.48. The van der Waals surface area contributed by atoms with Crippen LogP contribution < -0.4 is 10.9 Å². The van der Waals surface area contributed by atoms with Crippen LogP contribution in [0.25, 0.3) is 11.8 Å². The second-order valence-electron chi connectivity index (χ2n) is 5.49. The van der Waals surface area contributed by atoms with Crippen LogP contribution in [0.1, 0.15) is 21.5 Å². The van der Waals surface area contributed by atoms with Crippen molar-refractivity contribution in [3.63, 3.8) is 0 Å². The predicted octanol–water partition coefficient (Wildman–Crippen LogP) is 1.45. The van der Waals surface area contributed by atoms with Gasteiger partial charge in [-0.1, -0.05) is 29.8 Å². The number of hydrogen-bond acceptors (Lipinski definition) is 5. The first-order valence-electron chi connectivity index (χ1n) is 7.80. The Balaban J connectivity index is 1.53. The normalized spacial score (nSPS) is 10.7. The van der Waals surface area contributed by atoms with Crippen LogP contribution in [-0.2, 0) is 4.79 Å². The van der Waals surface area contributed by atoms with Gasteiger partial charge < -0.3 is 0 Å². The van der Waals surface area contributed by atoms with E-state index in [4.69, 9.17) is 0 Å². The Bertz CT molecular complexity index is 915. The fraction of sp³-hybridized carbons (Fsp3) is 0.0556. The van der Waals surface area contributed by atoms with E-state index in [0.717, 1.165) is 16.8 Å². The highest BCUT2D eigenvalue weighted by Gasteiger charge is 2.07. The molecule has 0 saturated heterocycles. The van der Waals surface area contributed by atoms with Gasteiger partial charge in [-0.25, -0.2) is 4.68 Å². The molecular formula is C18H16N6O2. The molecule has 8 heteroatoms. The summed E-state index contributed by atoms with van der Waals surface area (Å²) in [5.74, 6) is -0.852. The van der Waals surface area contributed by atoms with Crippen molar-refractivity contribution in [2.45, 2.75) is 6.92 Å². The number of amides is 2. The van der Waals surface area contributed by atoms with Crippen molar-refractivity contribution in [2.24, 2.45) is 0 Å². The van der Waals surface area contributed by atoms with E-state index < -0.39 is 11.8 Å². The fourth-order valence-corrected chi connectivity index (χ4v) is 2.13. The largest absolute Gasteiger partial charge is 0.269 e. The van der Waals surface area contributed by atoms with E-state index in [1.807, 2.05) is 31.2 Å². The maximum Gasteiger partial charge on any atom is 0.269 e. The number of hydrogen-bond donors (Lipinski definition) is 2. The molecule has 0 aliphatic heterocycles. The number of aryl methyl sites for hydroxylation is 1. The van der Waals surface area contributed by atoms with Crippen LogP contribution >= 0.6 is 0 Å². The van der Waals surface area contributed by atoms with Crippen LogP contribution in [0, 0.1) is 6.92 Å². The van der Waals surface area contributed by atoms with Gasteiger partial charge in [0.15, 0.2) is 0 Å². The lowest BCUT2D eigenvalue weighted by molar-refractivity contribution is -0.117. The average Bonchev–Trinajstić information content (AvgIpc) is 3.20. The molecule has 26 heavy (non-hydrogen) atoms. The molecule has 0 spiro atoms. The Morgan fingerprint density at radius 2 is 1.73 bits per heavy atom. The molecule has 3 aromatic rings. The highest BCUT2D eigenvalue weighted by molar-refractivity contribution is 5.98. The molecule has 1 heterocycles. The highest BCUT2D eigenvalue weighted by atomic mass is 16.2. The molecular weight excluding hydrogens is 332 g/mol. The van der Waals surface area contributed by atoms with Gasteiger partial charge in [0.25, 0.3) is 11.8 Å². The van der Waals surface area contributed by atoms with E-state index in [1.54, 1.807) is 30.3 Å². The zero-order valence-corrected chi connectivity index (χ0v) is 14.0. The standard InChI is InChI=1S/C18H16N6O2/c1-13-2-4-14(5-3-13)6-11-17(25)20-21-18(26)15-7-9-16(10-8-15)24-12-19-22-23-24/h2-12H,1H3,(H,20,25)(H,21,26)/b11-6+. The van der Waals surface area contributed by atoms with Crippen molar-refractivity contribution in [1.29, 1.82) is 0 Å². The average molecular weight is 348 g/mol. The molecule has 0 fully saturated rings. The van der Waals surface area contributed by atoms with Gasteiger partial charge in [-0.2, -0.15) is 0 Å². The number of hydrazine groups is 1. The minimum absolute atomic E-state index is 0.393. The van der Waals surface area contributed by atoms with Crippen LogP contribution in [-0.4, -0.2) is 32.0 Å². The fourth-order valence-electron chi connectivity index (χ4n) is 2.13. The summed E-state index contributed by atoms with van der Waals surface area (Å²) in [5, 5.41) is 10.9. The lowest BCUT2D eigenvalue weighted by Gasteiger charge is -2.06. The van der Waals surface area contributed by atoms with Gasteiger partial charge in [0, 0.05) is 11.6 Å². The van der Waals surface area contributed by atoms with E-state index in [1.165, 1.54) is 17.1 Å². The van der Waals surface area contributed by atoms with Crippen LogP contribution in [0.2, 0.25) is 0 Å². The van der Waals surface area contributed by atoms with Gasteiger partial charge in [0.2, 0.25) is 0 Å². The molecule has 0 unspecified atom stereocenters. The quantitative estimate of drug-likeness (QED) is 0.549. The Kier molecular flexibility index (Phi) is 5.14. The number of benzene rings is 2. The van der Waals surface area contributed by atoms with Crippen molar-refractivity contribution >= 4 is 17.9 Å². The zero-order chi connectivity index (χ0) is 18.4. The predicted molar refractivity (Wildman–Crippen MR) is 95.0 cm³/mol. The zero-order valence-electron chi connectivity index (χ0n) is 14.0. The van der Waals surface area contributed by atoms with E-state index in [2.05, 4.69) is 26.4 Å². The molecule has 2 aromatic carbocycles. The second-order valence-corrected chi connectivity index (χ2v) is 5.49. The van der Waals surface area contributed by atoms with Crippen LogP contribution in [0.3, 0.4) is 0 Å². The summed E-state index contributed by atoms with van der Waals surface area (Å²) in [7, 11) is 0. The summed E-state index contributed by atoms with van der Waals surface area (Å²) in [4.78, 5) is 23.9. The van der Waals surface area contributed by atoms with Crippen molar-refractivity contribution < 1.29 is 9.59 Å². The van der Waals surface area contributed by atoms with Gasteiger partial charge in [-0.05, 0) is 53.3 Å². The molecule has 2 amide bonds. The van der Waals surface area contributed by atoms with E-state index in [9.17, 15) is 9.59 Å². The number of nitrogens with one attached hydrogen (secondary N) is 2. The number of nitrogens with zero attached hydrogens (tertiary/aromatic N) is 4. The van der Waals surface area contributed by atoms with Crippen molar-refractivity contribution in [1.82, 2.24) is 31.1 Å². The molecule has 1 aromatic heterocycles. The molecule has 0 aliphatic carbocycles. The number of rotatable bonds is 4. The smallest absolute Gasteiger partial charge is 0.268 e. The minimum atomic E-state index is -0.427. The third kappa shape index (κ3) is 4.38. The van der Waals surface area contributed by atoms with E-state index in [0.29, 0.717) is 5.56 Å². The van der Waals surface area contributed by atoms with Crippen molar-refractivity contribution in [3.05, 3.63) is 77.6 Å². The summed E-state index contributed by atoms with van der Waals surface area (Å²) in [5.41, 5.74) is 7.86. The number of carbonyl (C=O) groups excluding carboxylic acids is 2. The summed E-state index contributed by atoms with van der Waals surface area (Å²) < 4.78 is 1.47.